The van der Waals surface area contributed by atoms with Crippen LogP contribution in [0.3, 0.4) is 0 Å². The molecule has 0 aliphatic carbocycles. The zero-order valence-electron chi connectivity index (χ0n) is 8.02. The third kappa shape index (κ3) is 6.32. The fraction of sp³-hybridized carbons (Fsp3) is 1.00. The molecule has 0 radical (unpaired) electrons. The van der Waals surface area contributed by atoms with Gasteiger partial charge in [-0.05, 0) is 19.8 Å². The number of hydrogen-bond acceptors (Lipinski definition) is 2. The lowest BCUT2D eigenvalue weighted by Gasteiger charge is -2.22. The van der Waals surface area contributed by atoms with Crippen LogP contribution in [0.25, 0.3) is 0 Å². The Labute approximate surface area is 70.1 Å². The zero-order chi connectivity index (χ0) is 8.74. The molecule has 0 aliphatic rings. The lowest BCUT2D eigenvalue weighted by atomic mass is 10.0. The van der Waals surface area contributed by atoms with Gasteiger partial charge in [-0.1, -0.05) is 20.3 Å². The van der Waals surface area contributed by atoms with Crippen LogP contribution in [0, 0.1) is 0 Å². The molecule has 0 fully saturated rings. The summed E-state index contributed by atoms with van der Waals surface area (Å²) in [6, 6.07) is 0. The van der Waals surface area contributed by atoms with Crippen LogP contribution in [-0.2, 0) is 4.74 Å². The van der Waals surface area contributed by atoms with Gasteiger partial charge >= 0.3 is 0 Å². The summed E-state index contributed by atoms with van der Waals surface area (Å²) in [6.07, 6.45) is 3.30. The number of nitrogens with two attached hydrogens (primary N) is 1. The van der Waals surface area contributed by atoms with Gasteiger partial charge in [0.05, 0.1) is 6.61 Å². The highest BCUT2D eigenvalue weighted by molar-refractivity contribution is 4.75. The molecular formula is C9H21NO. The molecule has 0 saturated carbocycles. The molecule has 11 heavy (non-hydrogen) atoms. The molecule has 0 amide bonds. The van der Waals surface area contributed by atoms with E-state index < -0.39 is 0 Å². The largest absolute Gasteiger partial charge is 0.380 e. The molecule has 0 spiro atoms. The molecule has 0 bridgehead atoms. The van der Waals surface area contributed by atoms with E-state index in [9.17, 15) is 0 Å². The predicted octanol–water partition coefficient (Wildman–Crippen LogP) is 1.93. The maximum absolute atomic E-state index is 5.87. The number of hydrogen-bond donors (Lipinski definition) is 1. The maximum Gasteiger partial charge on any atom is 0.0643 e. The van der Waals surface area contributed by atoms with Gasteiger partial charge in [0.15, 0.2) is 0 Å². The fourth-order valence-corrected chi connectivity index (χ4v) is 0.654. The van der Waals surface area contributed by atoms with Crippen LogP contribution in [0.15, 0.2) is 0 Å². The number of rotatable bonds is 6. The van der Waals surface area contributed by atoms with Crippen LogP contribution in [0.4, 0.5) is 0 Å². The lowest BCUT2D eigenvalue weighted by Crippen LogP contribution is -2.40. The molecule has 0 aromatic heterocycles. The quantitative estimate of drug-likeness (QED) is 0.601. The van der Waals surface area contributed by atoms with Crippen LogP contribution >= 0.6 is 0 Å². The van der Waals surface area contributed by atoms with Crippen LogP contribution in [0.1, 0.15) is 40.0 Å². The molecule has 2 nitrogen and oxygen atoms in total. The lowest BCUT2D eigenvalue weighted by molar-refractivity contribution is 0.0875. The first-order chi connectivity index (χ1) is 5.12. The molecule has 68 valence electrons. The van der Waals surface area contributed by atoms with Crippen molar-refractivity contribution >= 4 is 0 Å². The third-order valence-corrected chi connectivity index (χ3v) is 1.88. The van der Waals surface area contributed by atoms with Gasteiger partial charge in [0.1, 0.15) is 0 Å². The molecule has 0 rings (SSSR count). The van der Waals surface area contributed by atoms with E-state index in [1.165, 1.54) is 6.42 Å². The molecule has 0 aromatic carbocycles. The highest BCUT2D eigenvalue weighted by Gasteiger charge is 2.14. The molecular weight excluding hydrogens is 138 g/mol. The summed E-state index contributed by atoms with van der Waals surface area (Å²) in [5.74, 6) is 0. The Morgan fingerprint density at radius 2 is 2.00 bits per heavy atom. The van der Waals surface area contributed by atoms with E-state index in [4.69, 9.17) is 10.5 Å². The van der Waals surface area contributed by atoms with Crippen molar-refractivity contribution in [3.8, 4) is 0 Å². The monoisotopic (exact) mass is 159 g/mol. The second-order valence-corrected chi connectivity index (χ2v) is 3.41. The maximum atomic E-state index is 5.87. The molecule has 1 atom stereocenters. The summed E-state index contributed by atoms with van der Waals surface area (Å²) in [7, 11) is 0. The van der Waals surface area contributed by atoms with E-state index in [0.717, 1.165) is 19.4 Å². The summed E-state index contributed by atoms with van der Waals surface area (Å²) < 4.78 is 5.40. The van der Waals surface area contributed by atoms with Gasteiger partial charge in [0.25, 0.3) is 0 Å². The first-order valence-electron chi connectivity index (χ1n) is 4.49. The number of ether oxygens (including phenoxy) is 1. The van der Waals surface area contributed by atoms with Crippen molar-refractivity contribution in [3.05, 3.63) is 0 Å². The number of unbranched alkanes of at least 4 members (excludes halogenated alkanes) is 1. The second-order valence-electron chi connectivity index (χ2n) is 3.41. The highest BCUT2D eigenvalue weighted by atomic mass is 16.5. The molecule has 0 heterocycles. The van der Waals surface area contributed by atoms with Crippen LogP contribution in [-0.4, -0.2) is 18.8 Å². The van der Waals surface area contributed by atoms with Crippen molar-refractivity contribution in [1.29, 1.82) is 0 Å². The normalized spacial score (nSPS) is 16.4. The second kappa shape index (κ2) is 5.56. The first kappa shape index (κ1) is 10.9. The van der Waals surface area contributed by atoms with Crippen molar-refractivity contribution < 1.29 is 4.74 Å². The Kier molecular flexibility index (Phi) is 5.51. The fourth-order valence-electron chi connectivity index (χ4n) is 0.654. The topological polar surface area (TPSA) is 35.2 Å². The summed E-state index contributed by atoms with van der Waals surface area (Å²) in [6.45, 7) is 7.81. The minimum atomic E-state index is -0.131. The molecule has 2 N–H and O–H groups in total. The average Bonchev–Trinajstić information content (AvgIpc) is 1.99. The van der Waals surface area contributed by atoms with Crippen molar-refractivity contribution in [1.82, 2.24) is 0 Å². The summed E-state index contributed by atoms with van der Waals surface area (Å²) in [4.78, 5) is 0. The predicted molar refractivity (Wildman–Crippen MR) is 48.6 cm³/mol. The summed E-state index contributed by atoms with van der Waals surface area (Å²) in [5, 5.41) is 0. The van der Waals surface area contributed by atoms with E-state index in [2.05, 4.69) is 13.8 Å². The SMILES string of the molecule is CCCCOCC(C)(N)CC. The standard InChI is InChI=1S/C9H21NO/c1-4-6-7-11-8-9(3,10)5-2/h4-8,10H2,1-3H3. The summed E-state index contributed by atoms with van der Waals surface area (Å²) in [5.41, 5.74) is 5.74. The van der Waals surface area contributed by atoms with Crippen molar-refractivity contribution in [2.45, 2.75) is 45.6 Å². The first-order valence-corrected chi connectivity index (χ1v) is 4.49. The Morgan fingerprint density at radius 3 is 2.45 bits per heavy atom. The third-order valence-electron chi connectivity index (χ3n) is 1.88. The highest BCUT2D eigenvalue weighted by Crippen LogP contribution is 2.04. The van der Waals surface area contributed by atoms with Gasteiger partial charge in [-0.15, -0.1) is 0 Å². The van der Waals surface area contributed by atoms with Gasteiger partial charge < -0.3 is 10.5 Å². The van der Waals surface area contributed by atoms with E-state index in [1.807, 2.05) is 6.92 Å². The van der Waals surface area contributed by atoms with Gasteiger partial charge in [0.2, 0.25) is 0 Å². The van der Waals surface area contributed by atoms with Crippen LogP contribution in [0.2, 0.25) is 0 Å². The van der Waals surface area contributed by atoms with Gasteiger partial charge in [-0.25, -0.2) is 0 Å². The molecule has 0 aromatic rings. The Hall–Kier alpha value is -0.0800. The van der Waals surface area contributed by atoms with Crippen molar-refractivity contribution in [3.63, 3.8) is 0 Å². The average molecular weight is 159 g/mol. The minimum absolute atomic E-state index is 0.131. The van der Waals surface area contributed by atoms with E-state index in [-0.39, 0.29) is 5.54 Å². The van der Waals surface area contributed by atoms with Gasteiger partial charge in [-0.3, -0.25) is 0 Å². The van der Waals surface area contributed by atoms with E-state index in [0.29, 0.717) is 6.61 Å². The van der Waals surface area contributed by atoms with Gasteiger partial charge in [0, 0.05) is 12.1 Å². The minimum Gasteiger partial charge on any atom is -0.380 e. The van der Waals surface area contributed by atoms with Crippen molar-refractivity contribution in [2.24, 2.45) is 5.73 Å². The van der Waals surface area contributed by atoms with E-state index >= 15 is 0 Å². The van der Waals surface area contributed by atoms with Crippen molar-refractivity contribution in [2.75, 3.05) is 13.2 Å². The van der Waals surface area contributed by atoms with Crippen LogP contribution < -0.4 is 5.73 Å². The van der Waals surface area contributed by atoms with Gasteiger partial charge in [-0.2, -0.15) is 0 Å². The zero-order valence-corrected chi connectivity index (χ0v) is 8.02. The van der Waals surface area contributed by atoms with E-state index in [1.54, 1.807) is 0 Å². The Bertz CT molecular complexity index is 91.6. The molecule has 0 saturated heterocycles. The van der Waals surface area contributed by atoms with Crippen LogP contribution in [0.5, 0.6) is 0 Å². The summed E-state index contributed by atoms with van der Waals surface area (Å²) >= 11 is 0. The Morgan fingerprint density at radius 1 is 1.36 bits per heavy atom. The Balaban J connectivity index is 3.23. The molecule has 0 aliphatic heterocycles. The molecule has 2 heteroatoms. The molecule has 1 unspecified atom stereocenters. The smallest absolute Gasteiger partial charge is 0.0643 e.